The Morgan fingerprint density at radius 2 is 1.74 bits per heavy atom. The molecule has 4 rings (SSSR count). The summed E-state index contributed by atoms with van der Waals surface area (Å²) in [6.07, 6.45) is 3.65. The van der Waals surface area contributed by atoms with Crippen molar-refractivity contribution in [3.8, 4) is 0 Å². The highest BCUT2D eigenvalue weighted by Crippen LogP contribution is 2.39. The van der Waals surface area contributed by atoms with E-state index in [2.05, 4.69) is 4.98 Å². The van der Waals surface area contributed by atoms with Gasteiger partial charge in [0.25, 0.3) is 11.8 Å². The first-order chi connectivity index (χ1) is 11.1. The molecule has 2 aromatic rings. The van der Waals surface area contributed by atoms with Gasteiger partial charge in [-0.2, -0.15) is 0 Å². The standard InChI is InChI=1S/C17H12N2O4/c20-15-12-3-1-2-4-13(12)16(21)19(15)23-17(22)11-7-8-18-14(9-11)10-5-6-10/h1-4,7-10H,5-6H2. The number of amides is 2. The van der Waals surface area contributed by atoms with Crippen LogP contribution in [0.25, 0.3) is 0 Å². The lowest BCUT2D eigenvalue weighted by atomic mass is 10.1. The van der Waals surface area contributed by atoms with Crippen molar-refractivity contribution in [2.75, 3.05) is 0 Å². The van der Waals surface area contributed by atoms with Gasteiger partial charge >= 0.3 is 5.97 Å². The summed E-state index contributed by atoms with van der Waals surface area (Å²) in [5.41, 5.74) is 1.58. The van der Waals surface area contributed by atoms with E-state index < -0.39 is 17.8 Å². The Morgan fingerprint density at radius 3 is 2.35 bits per heavy atom. The number of imide groups is 1. The van der Waals surface area contributed by atoms with Gasteiger partial charge in [0.15, 0.2) is 0 Å². The van der Waals surface area contributed by atoms with Crippen LogP contribution < -0.4 is 0 Å². The molecular formula is C17H12N2O4. The maximum atomic E-state index is 12.2. The molecule has 2 amide bonds. The maximum absolute atomic E-state index is 12.2. The summed E-state index contributed by atoms with van der Waals surface area (Å²) in [7, 11) is 0. The van der Waals surface area contributed by atoms with Gasteiger partial charge in [0.1, 0.15) is 0 Å². The van der Waals surface area contributed by atoms with E-state index in [-0.39, 0.29) is 16.7 Å². The van der Waals surface area contributed by atoms with Gasteiger partial charge in [0.05, 0.1) is 16.7 Å². The second-order valence-corrected chi connectivity index (χ2v) is 5.57. The third kappa shape index (κ3) is 2.28. The van der Waals surface area contributed by atoms with Crippen molar-refractivity contribution < 1.29 is 19.2 Å². The first kappa shape index (κ1) is 13.6. The summed E-state index contributed by atoms with van der Waals surface area (Å²) in [5.74, 6) is -1.61. The first-order valence-electron chi connectivity index (χ1n) is 7.31. The number of pyridine rings is 1. The second-order valence-electron chi connectivity index (χ2n) is 5.57. The van der Waals surface area contributed by atoms with Crippen LogP contribution in [0.2, 0.25) is 0 Å². The van der Waals surface area contributed by atoms with Gasteiger partial charge < -0.3 is 4.84 Å². The molecule has 1 aromatic carbocycles. The van der Waals surface area contributed by atoms with E-state index in [0.29, 0.717) is 11.0 Å². The zero-order valence-electron chi connectivity index (χ0n) is 12.1. The van der Waals surface area contributed by atoms with Crippen molar-refractivity contribution in [3.05, 3.63) is 65.0 Å². The minimum atomic E-state index is -0.746. The van der Waals surface area contributed by atoms with Crippen molar-refractivity contribution in [1.29, 1.82) is 0 Å². The van der Waals surface area contributed by atoms with Gasteiger partial charge in [0.2, 0.25) is 0 Å². The normalized spacial score (nSPS) is 16.4. The highest BCUT2D eigenvalue weighted by Gasteiger charge is 2.39. The number of hydrogen-bond acceptors (Lipinski definition) is 5. The molecule has 1 aromatic heterocycles. The first-order valence-corrected chi connectivity index (χ1v) is 7.31. The predicted octanol–water partition coefficient (Wildman–Crippen LogP) is 2.33. The van der Waals surface area contributed by atoms with Crippen LogP contribution in [0, 0.1) is 0 Å². The third-order valence-corrected chi connectivity index (χ3v) is 3.94. The average molecular weight is 308 g/mol. The Labute approximate surface area is 131 Å². The van der Waals surface area contributed by atoms with Crippen LogP contribution in [0.5, 0.6) is 0 Å². The molecule has 2 aliphatic rings. The van der Waals surface area contributed by atoms with Crippen LogP contribution in [0.15, 0.2) is 42.6 Å². The van der Waals surface area contributed by atoms with Gasteiger partial charge in [-0.1, -0.05) is 17.2 Å². The Morgan fingerprint density at radius 1 is 1.09 bits per heavy atom. The lowest BCUT2D eigenvalue weighted by molar-refractivity contribution is -0.0584. The fourth-order valence-electron chi connectivity index (χ4n) is 2.56. The molecule has 0 saturated heterocycles. The van der Waals surface area contributed by atoms with Crippen molar-refractivity contribution in [2.45, 2.75) is 18.8 Å². The van der Waals surface area contributed by atoms with Crippen molar-refractivity contribution in [3.63, 3.8) is 0 Å². The van der Waals surface area contributed by atoms with Crippen LogP contribution >= 0.6 is 0 Å². The number of hydrogen-bond donors (Lipinski definition) is 0. The molecule has 0 unspecified atom stereocenters. The molecule has 0 radical (unpaired) electrons. The number of hydroxylamine groups is 2. The monoisotopic (exact) mass is 308 g/mol. The molecule has 6 heteroatoms. The molecule has 0 spiro atoms. The number of carbonyl (C=O) groups excluding carboxylic acids is 3. The van der Waals surface area contributed by atoms with E-state index in [1.165, 1.54) is 24.4 Å². The second kappa shape index (κ2) is 5.01. The zero-order chi connectivity index (χ0) is 16.0. The van der Waals surface area contributed by atoms with E-state index in [0.717, 1.165) is 18.5 Å². The molecule has 6 nitrogen and oxygen atoms in total. The number of benzene rings is 1. The smallest absolute Gasteiger partial charge is 0.324 e. The lowest BCUT2D eigenvalue weighted by Gasteiger charge is -2.12. The zero-order valence-corrected chi connectivity index (χ0v) is 12.1. The lowest BCUT2D eigenvalue weighted by Crippen LogP contribution is -2.32. The molecule has 23 heavy (non-hydrogen) atoms. The van der Waals surface area contributed by atoms with Crippen LogP contribution in [0.3, 0.4) is 0 Å². The van der Waals surface area contributed by atoms with Crippen LogP contribution in [0.1, 0.15) is 55.5 Å². The Bertz CT molecular complexity index is 807. The van der Waals surface area contributed by atoms with Crippen LogP contribution in [-0.4, -0.2) is 27.8 Å². The van der Waals surface area contributed by atoms with Crippen molar-refractivity contribution in [2.24, 2.45) is 0 Å². The van der Waals surface area contributed by atoms with Gasteiger partial charge in [0, 0.05) is 17.8 Å². The number of rotatable bonds is 3. The molecule has 0 bridgehead atoms. The average Bonchev–Trinajstić information content (AvgIpc) is 3.40. The highest BCUT2D eigenvalue weighted by molar-refractivity contribution is 6.21. The molecule has 0 atom stereocenters. The summed E-state index contributed by atoms with van der Waals surface area (Å²) in [4.78, 5) is 45.8. The van der Waals surface area contributed by atoms with E-state index >= 15 is 0 Å². The molecule has 1 fully saturated rings. The predicted molar refractivity (Wildman–Crippen MR) is 78.6 cm³/mol. The minimum Gasteiger partial charge on any atom is -0.324 e. The third-order valence-electron chi connectivity index (χ3n) is 3.94. The topological polar surface area (TPSA) is 76.6 Å². The quantitative estimate of drug-likeness (QED) is 0.813. The molecule has 1 aliphatic heterocycles. The summed E-state index contributed by atoms with van der Waals surface area (Å²) in [6, 6.07) is 9.52. The number of fused-ring (bicyclic) bond motifs is 1. The molecule has 2 heterocycles. The number of aromatic nitrogens is 1. The fourth-order valence-corrected chi connectivity index (χ4v) is 2.56. The molecule has 0 N–H and O–H groups in total. The SMILES string of the molecule is O=C(ON1C(=O)c2ccccc2C1=O)c1ccnc(C2CC2)c1. The van der Waals surface area contributed by atoms with Gasteiger partial charge in [-0.05, 0) is 37.1 Å². The summed E-state index contributed by atoms with van der Waals surface area (Å²) in [5, 5.41) is 0.518. The van der Waals surface area contributed by atoms with Gasteiger partial charge in [-0.15, -0.1) is 0 Å². The van der Waals surface area contributed by atoms with Crippen LogP contribution in [0.4, 0.5) is 0 Å². The van der Waals surface area contributed by atoms with Gasteiger partial charge in [-0.25, -0.2) is 4.79 Å². The van der Waals surface area contributed by atoms with E-state index in [4.69, 9.17) is 4.84 Å². The Balaban J connectivity index is 1.57. The fraction of sp³-hybridized carbons (Fsp3) is 0.176. The Kier molecular flexibility index (Phi) is 2.97. The van der Waals surface area contributed by atoms with E-state index in [1.807, 2.05) is 0 Å². The van der Waals surface area contributed by atoms with E-state index in [1.54, 1.807) is 18.2 Å². The minimum absolute atomic E-state index is 0.235. The molecule has 1 aliphatic carbocycles. The molecule has 1 saturated carbocycles. The summed E-state index contributed by atoms with van der Waals surface area (Å²) >= 11 is 0. The molecule has 114 valence electrons. The Hall–Kier alpha value is -3.02. The largest absolute Gasteiger partial charge is 0.364 e. The van der Waals surface area contributed by atoms with Crippen molar-refractivity contribution in [1.82, 2.24) is 10.0 Å². The molecular weight excluding hydrogens is 296 g/mol. The van der Waals surface area contributed by atoms with Gasteiger partial charge in [-0.3, -0.25) is 14.6 Å². The number of carbonyl (C=O) groups is 3. The van der Waals surface area contributed by atoms with E-state index in [9.17, 15) is 14.4 Å². The van der Waals surface area contributed by atoms with Crippen molar-refractivity contribution >= 4 is 17.8 Å². The summed E-state index contributed by atoms with van der Waals surface area (Å²) in [6.45, 7) is 0. The highest BCUT2D eigenvalue weighted by atomic mass is 16.7. The maximum Gasteiger partial charge on any atom is 0.364 e. The summed E-state index contributed by atoms with van der Waals surface area (Å²) < 4.78 is 0. The number of nitrogens with zero attached hydrogens (tertiary/aromatic N) is 2. The van der Waals surface area contributed by atoms with Crippen LogP contribution in [-0.2, 0) is 4.84 Å².